The van der Waals surface area contributed by atoms with Crippen LogP contribution in [-0.4, -0.2) is 21.1 Å². The van der Waals surface area contributed by atoms with Gasteiger partial charge in [-0.25, -0.2) is 5.10 Å². The number of hydrogen-bond donors (Lipinski definition) is 1. The van der Waals surface area contributed by atoms with E-state index in [1.807, 2.05) is 6.07 Å². The molecule has 3 rings (SSSR count). The molecule has 6 heteroatoms. The zero-order chi connectivity index (χ0) is 15.7. The summed E-state index contributed by atoms with van der Waals surface area (Å²) in [4.78, 5) is 0. The molecule has 2 heterocycles. The van der Waals surface area contributed by atoms with E-state index in [-0.39, 0.29) is 0 Å². The molecule has 0 saturated heterocycles. The van der Waals surface area contributed by atoms with Crippen molar-refractivity contribution in [3.8, 4) is 11.6 Å². The number of aryl methyl sites for hydroxylation is 3. The molecule has 0 amide bonds. The van der Waals surface area contributed by atoms with Crippen molar-refractivity contribution in [3.05, 3.63) is 57.6 Å². The first-order valence-electron chi connectivity index (χ1n) is 6.90. The van der Waals surface area contributed by atoms with Crippen LogP contribution >= 0.6 is 12.2 Å². The molecule has 0 aliphatic carbocycles. The number of aromatic nitrogens is 3. The van der Waals surface area contributed by atoms with Gasteiger partial charge in [0.25, 0.3) is 0 Å². The minimum atomic E-state index is 0.420. The molecule has 1 aromatic carbocycles. The lowest BCUT2D eigenvalue weighted by Gasteiger charge is -2.05. The maximum absolute atomic E-state index is 5.36. The molecule has 0 unspecified atom stereocenters. The van der Waals surface area contributed by atoms with Crippen LogP contribution in [0.25, 0.3) is 11.6 Å². The maximum Gasteiger partial charge on any atom is 0.219 e. The predicted octanol–water partition coefficient (Wildman–Crippen LogP) is 4.01. The van der Waals surface area contributed by atoms with Gasteiger partial charge in [-0.2, -0.15) is 9.78 Å². The summed E-state index contributed by atoms with van der Waals surface area (Å²) in [6.07, 6.45) is 3.38. The lowest BCUT2D eigenvalue weighted by atomic mass is 10.0. The van der Waals surface area contributed by atoms with Crippen molar-refractivity contribution in [2.75, 3.05) is 0 Å². The molecule has 112 valence electrons. The van der Waals surface area contributed by atoms with E-state index in [1.165, 1.54) is 16.7 Å². The predicted molar refractivity (Wildman–Crippen MR) is 88.8 cm³/mol. The average Bonchev–Trinajstić information content (AvgIpc) is 3.11. The maximum atomic E-state index is 5.36. The Kier molecular flexibility index (Phi) is 3.77. The van der Waals surface area contributed by atoms with Gasteiger partial charge < -0.3 is 4.42 Å². The van der Waals surface area contributed by atoms with E-state index in [4.69, 9.17) is 16.6 Å². The van der Waals surface area contributed by atoms with E-state index >= 15 is 0 Å². The van der Waals surface area contributed by atoms with E-state index in [0.717, 1.165) is 5.56 Å². The Morgan fingerprint density at radius 2 is 2.00 bits per heavy atom. The van der Waals surface area contributed by atoms with Crippen molar-refractivity contribution in [2.24, 2.45) is 5.10 Å². The standard InChI is InChI=1S/C16H16N4OS/c1-10-7-12(3)13(8-11(10)2)9-17-20-15(18-19-16(20)22)14-5-4-6-21-14/h4-9H,1-3H3,(H,19,22)/b17-9-. The summed E-state index contributed by atoms with van der Waals surface area (Å²) in [6.45, 7) is 6.25. The molecule has 0 saturated carbocycles. The van der Waals surface area contributed by atoms with Crippen molar-refractivity contribution in [2.45, 2.75) is 20.8 Å². The molecular weight excluding hydrogens is 296 g/mol. The van der Waals surface area contributed by atoms with E-state index < -0.39 is 0 Å². The molecule has 0 fully saturated rings. The number of benzene rings is 1. The van der Waals surface area contributed by atoms with Crippen LogP contribution in [0.1, 0.15) is 22.3 Å². The van der Waals surface area contributed by atoms with Gasteiger partial charge in [-0.15, -0.1) is 5.10 Å². The monoisotopic (exact) mass is 312 g/mol. The third-order valence-corrected chi connectivity index (χ3v) is 3.85. The highest BCUT2D eigenvalue weighted by Gasteiger charge is 2.10. The molecule has 5 nitrogen and oxygen atoms in total. The van der Waals surface area contributed by atoms with E-state index in [1.54, 1.807) is 23.2 Å². The fourth-order valence-corrected chi connectivity index (χ4v) is 2.39. The van der Waals surface area contributed by atoms with Gasteiger partial charge in [0.05, 0.1) is 12.5 Å². The van der Waals surface area contributed by atoms with Crippen LogP contribution < -0.4 is 0 Å². The Bertz CT molecular complexity index is 888. The summed E-state index contributed by atoms with van der Waals surface area (Å²) in [5, 5.41) is 11.4. The van der Waals surface area contributed by atoms with Gasteiger partial charge >= 0.3 is 0 Å². The summed E-state index contributed by atoms with van der Waals surface area (Å²) in [5.74, 6) is 1.16. The van der Waals surface area contributed by atoms with E-state index in [2.05, 4.69) is 48.2 Å². The first-order chi connectivity index (χ1) is 10.6. The molecule has 1 N–H and O–H groups in total. The molecule has 0 radical (unpaired) electrons. The lowest BCUT2D eigenvalue weighted by Crippen LogP contribution is -1.97. The summed E-state index contributed by atoms with van der Waals surface area (Å²) in [7, 11) is 0. The smallest absolute Gasteiger partial charge is 0.219 e. The second-order valence-corrected chi connectivity index (χ2v) is 5.57. The third kappa shape index (κ3) is 2.65. The van der Waals surface area contributed by atoms with Crippen molar-refractivity contribution >= 4 is 18.4 Å². The highest BCUT2D eigenvalue weighted by Crippen LogP contribution is 2.18. The highest BCUT2D eigenvalue weighted by atomic mass is 32.1. The largest absolute Gasteiger partial charge is 0.461 e. The number of aromatic amines is 1. The zero-order valence-corrected chi connectivity index (χ0v) is 13.4. The molecule has 0 bridgehead atoms. The molecule has 3 aromatic rings. The number of H-pyrrole nitrogens is 1. The SMILES string of the molecule is Cc1cc(C)c(/C=N\n2c(-c3ccco3)n[nH]c2=S)cc1C. The second kappa shape index (κ2) is 5.73. The summed E-state index contributed by atoms with van der Waals surface area (Å²) in [6, 6.07) is 7.88. The number of furan rings is 1. The molecule has 0 spiro atoms. The molecule has 22 heavy (non-hydrogen) atoms. The van der Waals surface area contributed by atoms with Crippen molar-refractivity contribution in [1.82, 2.24) is 14.9 Å². The first kappa shape index (κ1) is 14.5. The Morgan fingerprint density at radius 1 is 1.23 bits per heavy atom. The normalized spacial score (nSPS) is 11.4. The first-order valence-corrected chi connectivity index (χ1v) is 7.30. The number of nitrogens with zero attached hydrogens (tertiary/aromatic N) is 3. The van der Waals surface area contributed by atoms with Crippen LogP contribution in [0, 0.1) is 25.5 Å². The fraction of sp³-hybridized carbons (Fsp3) is 0.188. The van der Waals surface area contributed by atoms with E-state index in [9.17, 15) is 0 Å². The Balaban J connectivity index is 2.02. The third-order valence-electron chi connectivity index (χ3n) is 3.59. The topological polar surface area (TPSA) is 59.1 Å². The lowest BCUT2D eigenvalue weighted by molar-refractivity contribution is 0.573. The van der Waals surface area contributed by atoms with Gasteiger partial charge in [-0.05, 0) is 73.4 Å². The zero-order valence-electron chi connectivity index (χ0n) is 12.6. The fourth-order valence-electron chi connectivity index (χ4n) is 2.21. The quantitative estimate of drug-likeness (QED) is 0.587. The van der Waals surface area contributed by atoms with E-state index in [0.29, 0.717) is 16.4 Å². The van der Waals surface area contributed by atoms with Gasteiger partial charge in [0, 0.05) is 0 Å². The van der Waals surface area contributed by atoms with Gasteiger partial charge in [-0.1, -0.05) is 6.07 Å². The van der Waals surface area contributed by atoms with Gasteiger partial charge in [0.1, 0.15) is 0 Å². The van der Waals surface area contributed by atoms with Crippen LogP contribution in [-0.2, 0) is 0 Å². The van der Waals surface area contributed by atoms with Gasteiger partial charge in [0.2, 0.25) is 10.6 Å². The summed E-state index contributed by atoms with van der Waals surface area (Å²) < 4.78 is 7.34. The van der Waals surface area contributed by atoms with Crippen molar-refractivity contribution < 1.29 is 4.42 Å². The summed E-state index contributed by atoms with van der Waals surface area (Å²) in [5.41, 5.74) is 4.72. The molecule has 2 aromatic heterocycles. The van der Waals surface area contributed by atoms with Crippen molar-refractivity contribution in [1.29, 1.82) is 0 Å². The second-order valence-electron chi connectivity index (χ2n) is 5.18. The average molecular weight is 312 g/mol. The van der Waals surface area contributed by atoms with Gasteiger partial charge in [0.15, 0.2) is 5.76 Å². The molecule has 0 aliphatic rings. The van der Waals surface area contributed by atoms with Crippen LogP contribution in [0.15, 0.2) is 40.0 Å². The summed E-state index contributed by atoms with van der Waals surface area (Å²) >= 11 is 5.23. The molecule has 0 atom stereocenters. The van der Waals surface area contributed by atoms with Crippen LogP contribution in [0.5, 0.6) is 0 Å². The minimum absolute atomic E-state index is 0.420. The number of nitrogens with one attached hydrogen (secondary N) is 1. The van der Waals surface area contributed by atoms with Gasteiger partial charge in [-0.3, -0.25) is 0 Å². The Labute approximate surface area is 133 Å². The van der Waals surface area contributed by atoms with Crippen LogP contribution in [0.3, 0.4) is 0 Å². The molecular formula is C16H16N4OS. The highest BCUT2D eigenvalue weighted by molar-refractivity contribution is 7.71. The van der Waals surface area contributed by atoms with Crippen LogP contribution in [0.2, 0.25) is 0 Å². The minimum Gasteiger partial charge on any atom is -0.461 e. The van der Waals surface area contributed by atoms with Crippen molar-refractivity contribution in [3.63, 3.8) is 0 Å². The Hall–Kier alpha value is -2.47. The Morgan fingerprint density at radius 3 is 2.73 bits per heavy atom. The van der Waals surface area contributed by atoms with Crippen LogP contribution in [0.4, 0.5) is 0 Å². The number of rotatable bonds is 3. The number of hydrogen-bond acceptors (Lipinski definition) is 4. The molecule has 0 aliphatic heterocycles.